The first-order valence-electron chi connectivity index (χ1n) is 3.80. The average molecular weight is 290 g/mol. The fourth-order valence-electron chi connectivity index (χ4n) is 1.08. The molecule has 76 valence electrons. The molecule has 0 saturated carbocycles. The number of alkyl halides is 1. The lowest BCUT2D eigenvalue weighted by molar-refractivity contribution is 1.38. The van der Waals surface area contributed by atoms with Crippen molar-refractivity contribution < 1.29 is 0 Å². The highest BCUT2D eigenvalue weighted by atomic mass is 79.9. The maximum Gasteiger partial charge on any atom is 0.0734 e. The van der Waals surface area contributed by atoms with E-state index in [0.29, 0.717) is 0 Å². The van der Waals surface area contributed by atoms with Crippen LogP contribution in [0.5, 0.6) is 0 Å². The summed E-state index contributed by atoms with van der Waals surface area (Å²) < 4.78 is 0. The molecule has 0 amide bonds. The minimum absolute atomic E-state index is 0.795. The molecule has 0 aliphatic carbocycles. The molecule has 0 heterocycles. The van der Waals surface area contributed by atoms with Crippen molar-refractivity contribution >= 4 is 57.7 Å². The number of benzene rings is 1. The van der Waals surface area contributed by atoms with Crippen LogP contribution in [0.2, 0.25) is 0 Å². The van der Waals surface area contributed by atoms with E-state index < -0.39 is 0 Å². The Kier molecular flexibility index (Phi) is 8.04. The number of rotatable bonds is 3. The summed E-state index contributed by atoms with van der Waals surface area (Å²) in [4.78, 5) is 3.96. The minimum Gasteiger partial charge on any atom is -0.264 e. The van der Waals surface area contributed by atoms with Gasteiger partial charge in [0.25, 0.3) is 0 Å². The van der Waals surface area contributed by atoms with Crippen molar-refractivity contribution in [3.8, 4) is 0 Å². The van der Waals surface area contributed by atoms with E-state index in [-0.39, 0.29) is 0 Å². The predicted octanol–water partition coefficient (Wildman–Crippen LogP) is 4.32. The first-order valence-corrected chi connectivity index (χ1v) is 6.52. The molecule has 1 aromatic rings. The van der Waals surface area contributed by atoms with Crippen molar-refractivity contribution in [3.05, 3.63) is 35.9 Å². The molecule has 0 unspecified atom stereocenters. The molecule has 0 fully saturated rings. The minimum atomic E-state index is 0.795. The van der Waals surface area contributed by atoms with Gasteiger partial charge in [-0.2, -0.15) is 0 Å². The van der Waals surface area contributed by atoms with Gasteiger partial charge in [-0.3, -0.25) is 4.99 Å². The molecule has 0 aromatic heterocycles. The number of halogens is 1. The molecule has 0 atom stereocenters. The van der Waals surface area contributed by atoms with Crippen molar-refractivity contribution in [2.75, 3.05) is 0 Å². The van der Waals surface area contributed by atoms with Gasteiger partial charge in [-0.25, -0.2) is 0 Å². The monoisotopic (exact) mass is 289 g/mol. The van der Waals surface area contributed by atoms with Crippen LogP contribution in [-0.2, 0) is 5.33 Å². The Morgan fingerprint density at radius 2 is 2.07 bits per heavy atom. The van der Waals surface area contributed by atoms with Gasteiger partial charge < -0.3 is 0 Å². The van der Waals surface area contributed by atoms with Crippen LogP contribution in [0.25, 0.3) is 6.08 Å². The maximum absolute atomic E-state index is 3.96. The zero-order valence-corrected chi connectivity index (χ0v) is 11.0. The van der Waals surface area contributed by atoms with E-state index in [1.54, 1.807) is 6.08 Å². The molecule has 1 rings (SSSR count). The van der Waals surface area contributed by atoms with Crippen molar-refractivity contribution in [1.29, 1.82) is 0 Å². The normalized spacial score (nSPS) is 8.50. The number of para-hydroxylation sites is 1. The molecule has 0 aliphatic rings. The lowest BCUT2D eigenvalue weighted by Crippen LogP contribution is -1.81. The molecule has 14 heavy (non-hydrogen) atoms. The fourth-order valence-corrected chi connectivity index (χ4v) is 1.53. The van der Waals surface area contributed by atoms with E-state index in [1.165, 1.54) is 0 Å². The highest BCUT2D eigenvalue weighted by molar-refractivity contribution is 9.08. The Balaban J connectivity index is 0.000000791. The first-order chi connectivity index (χ1) is 6.83. The molecule has 0 bridgehead atoms. The van der Waals surface area contributed by atoms with Gasteiger partial charge in [-0.15, -0.1) is 23.3 Å². The van der Waals surface area contributed by atoms with Gasteiger partial charge in [0.2, 0.25) is 0 Å². The maximum atomic E-state index is 3.96. The molecule has 0 saturated heterocycles. The van der Waals surface area contributed by atoms with Crippen molar-refractivity contribution in [1.82, 2.24) is 0 Å². The van der Waals surface area contributed by atoms with E-state index in [2.05, 4.69) is 57.5 Å². The molecule has 1 nitrogen and oxygen atoms in total. The lowest BCUT2D eigenvalue weighted by Gasteiger charge is -2.04. The molecule has 4 heteroatoms. The van der Waals surface area contributed by atoms with Crippen molar-refractivity contribution in [3.63, 3.8) is 0 Å². The zero-order chi connectivity index (χ0) is 11.0. The summed E-state index contributed by atoms with van der Waals surface area (Å²) in [6, 6.07) is 5.98. The molecule has 1 aromatic carbocycles. The standard InChI is InChI=1S/C10H10BrN.H2S2/c1-3-8-5-4-6-9(7-11)10(8)12-2;1-2/h3-6H,1-2,7H2;1-2H. The highest BCUT2D eigenvalue weighted by Gasteiger charge is 2.01. The highest BCUT2D eigenvalue weighted by Crippen LogP contribution is 2.26. The number of hydrogen-bond acceptors (Lipinski definition) is 3. The molecule has 0 aliphatic heterocycles. The molecule has 0 radical (unpaired) electrons. The summed E-state index contributed by atoms with van der Waals surface area (Å²) >= 11 is 9.83. The van der Waals surface area contributed by atoms with Crippen LogP contribution in [-0.4, -0.2) is 6.72 Å². The largest absolute Gasteiger partial charge is 0.264 e. The Morgan fingerprint density at radius 3 is 2.50 bits per heavy atom. The second-order valence-corrected chi connectivity index (χ2v) is 2.91. The summed E-state index contributed by atoms with van der Waals surface area (Å²) in [5.74, 6) is 0. The molecular weight excluding hydrogens is 278 g/mol. The van der Waals surface area contributed by atoms with Crippen LogP contribution in [0.15, 0.2) is 29.8 Å². The third-order valence-corrected chi connectivity index (χ3v) is 2.28. The van der Waals surface area contributed by atoms with E-state index in [4.69, 9.17) is 0 Å². The van der Waals surface area contributed by atoms with Crippen LogP contribution in [0, 0.1) is 0 Å². The van der Waals surface area contributed by atoms with Crippen molar-refractivity contribution in [2.24, 2.45) is 4.99 Å². The topological polar surface area (TPSA) is 12.4 Å². The third-order valence-electron chi connectivity index (χ3n) is 1.67. The second kappa shape index (κ2) is 8.15. The second-order valence-electron chi connectivity index (χ2n) is 2.35. The van der Waals surface area contributed by atoms with Gasteiger partial charge in [-0.1, -0.05) is 46.8 Å². The van der Waals surface area contributed by atoms with Gasteiger partial charge in [0, 0.05) is 5.33 Å². The number of thiol groups is 2. The summed E-state index contributed by atoms with van der Waals surface area (Å²) in [7, 11) is 0. The smallest absolute Gasteiger partial charge is 0.0734 e. The van der Waals surface area contributed by atoms with E-state index in [0.717, 1.165) is 22.1 Å². The average Bonchev–Trinajstić information content (AvgIpc) is 2.30. The quantitative estimate of drug-likeness (QED) is 0.356. The van der Waals surface area contributed by atoms with E-state index in [1.807, 2.05) is 18.2 Å². The summed E-state index contributed by atoms with van der Waals surface area (Å²) in [5, 5.41) is 0.795. The summed E-state index contributed by atoms with van der Waals surface area (Å²) in [6.07, 6.45) is 1.79. The van der Waals surface area contributed by atoms with Gasteiger partial charge in [0.15, 0.2) is 0 Å². The zero-order valence-electron chi connectivity index (χ0n) is 7.65. The first kappa shape index (κ1) is 13.8. The van der Waals surface area contributed by atoms with E-state index >= 15 is 0 Å². The number of hydrogen-bond donors (Lipinski definition) is 2. The number of aliphatic imine (C=N–C) groups is 1. The molecular formula is C10H12BrNS2. The summed E-state index contributed by atoms with van der Waals surface area (Å²) in [6.45, 7) is 7.24. The van der Waals surface area contributed by atoms with Crippen LogP contribution >= 0.6 is 39.3 Å². The van der Waals surface area contributed by atoms with Gasteiger partial charge >= 0.3 is 0 Å². The summed E-state index contributed by atoms with van der Waals surface area (Å²) in [5.41, 5.74) is 3.09. The van der Waals surface area contributed by atoms with Crippen molar-refractivity contribution in [2.45, 2.75) is 5.33 Å². The van der Waals surface area contributed by atoms with Gasteiger partial charge in [0.1, 0.15) is 0 Å². The predicted molar refractivity (Wildman–Crippen MR) is 76.3 cm³/mol. The molecule has 0 N–H and O–H groups in total. The Bertz CT molecular complexity index is 313. The van der Waals surface area contributed by atoms with Crippen LogP contribution < -0.4 is 0 Å². The SMILES string of the molecule is C=Cc1cccc(CBr)c1N=C.SS. The molecule has 0 spiro atoms. The third kappa shape index (κ3) is 3.52. The van der Waals surface area contributed by atoms with Crippen LogP contribution in [0.3, 0.4) is 0 Å². The number of nitrogens with zero attached hydrogens (tertiary/aromatic N) is 1. The lowest BCUT2D eigenvalue weighted by atomic mass is 10.1. The van der Waals surface area contributed by atoms with Crippen LogP contribution in [0.4, 0.5) is 5.69 Å². The Morgan fingerprint density at radius 1 is 1.43 bits per heavy atom. The van der Waals surface area contributed by atoms with Crippen LogP contribution in [0.1, 0.15) is 11.1 Å². The Labute approximate surface area is 104 Å². The van der Waals surface area contributed by atoms with Gasteiger partial charge in [0.05, 0.1) is 5.69 Å². The van der Waals surface area contributed by atoms with Gasteiger partial charge in [-0.05, 0) is 17.8 Å². The van der Waals surface area contributed by atoms with E-state index in [9.17, 15) is 0 Å². The fraction of sp³-hybridized carbons (Fsp3) is 0.100. The Hall–Kier alpha value is -0.190.